The van der Waals surface area contributed by atoms with Crippen molar-refractivity contribution < 1.29 is 28.5 Å². The second-order valence-electron chi connectivity index (χ2n) is 8.66. The quantitative estimate of drug-likeness (QED) is 0.289. The molecule has 0 saturated heterocycles. The van der Waals surface area contributed by atoms with Gasteiger partial charge in [-0.05, 0) is 50.6 Å². The van der Waals surface area contributed by atoms with Gasteiger partial charge in [-0.25, -0.2) is 9.79 Å². The lowest BCUT2D eigenvalue weighted by molar-refractivity contribution is -0.139. The normalized spacial score (nSPS) is 15.0. The zero-order valence-corrected chi connectivity index (χ0v) is 23.7. The highest BCUT2D eigenvalue weighted by Gasteiger charge is 2.34. The molecule has 0 spiro atoms. The summed E-state index contributed by atoms with van der Waals surface area (Å²) in [6.07, 6.45) is 5.35. The van der Waals surface area contributed by atoms with Gasteiger partial charge in [-0.3, -0.25) is 14.2 Å². The lowest BCUT2D eigenvalue weighted by Gasteiger charge is -2.25. The largest absolute Gasteiger partial charge is 0.496 e. The molecule has 2 heterocycles. The Morgan fingerprint density at radius 1 is 1.07 bits per heavy atom. The zero-order valence-electron chi connectivity index (χ0n) is 22.9. The summed E-state index contributed by atoms with van der Waals surface area (Å²) in [5.41, 5.74) is 1.82. The van der Waals surface area contributed by atoms with Crippen LogP contribution in [0.5, 0.6) is 17.2 Å². The van der Waals surface area contributed by atoms with E-state index in [2.05, 4.69) is 4.99 Å². The third kappa shape index (κ3) is 5.91. The van der Waals surface area contributed by atoms with Gasteiger partial charge in [0.2, 0.25) is 0 Å². The van der Waals surface area contributed by atoms with Crippen molar-refractivity contribution in [1.82, 2.24) is 4.57 Å². The van der Waals surface area contributed by atoms with E-state index in [0.717, 1.165) is 5.56 Å². The van der Waals surface area contributed by atoms with Crippen LogP contribution in [0.1, 0.15) is 44.9 Å². The molecule has 0 saturated carbocycles. The van der Waals surface area contributed by atoms with Crippen LogP contribution in [-0.2, 0) is 14.3 Å². The van der Waals surface area contributed by atoms with Crippen LogP contribution in [0.3, 0.4) is 0 Å². The molecule has 0 N–H and O–H groups in total. The van der Waals surface area contributed by atoms with Crippen molar-refractivity contribution in [2.24, 2.45) is 4.99 Å². The minimum Gasteiger partial charge on any atom is -0.496 e. The fourth-order valence-electron chi connectivity index (χ4n) is 4.37. The van der Waals surface area contributed by atoms with Gasteiger partial charge < -0.3 is 18.9 Å². The maximum absolute atomic E-state index is 13.8. The van der Waals surface area contributed by atoms with Crippen LogP contribution in [0, 0.1) is 0 Å². The number of thiazole rings is 1. The third-order valence-corrected chi connectivity index (χ3v) is 7.02. The Kier molecular flexibility index (Phi) is 9.00. The van der Waals surface area contributed by atoms with Crippen LogP contribution in [-0.4, -0.2) is 36.8 Å². The number of ether oxygens (including phenoxy) is 4. The molecule has 3 aromatic rings. The Morgan fingerprint density at radius 2 is 1.85 bits per heavy atom. The first kappa shape index (κ1) is 28.6. The molecule has 0 bridgehead atoms. The number of carbonyl (C=O) groups is 2. The van der Waals surface area contributed by atoms with Crippen molar-refractivity contribution in [3.63, 3.8) is 0 Å². The molecule has 1 aliphatic rings. The fraction of sp³-hybridized carbons (Fsp3) is 0.267. The topological polar surface area (TPSA) is 105 Å². The van der Waals surface area contributed by atoms with E-state index in [1.807, 2.05) is 30.3 Å². The first-order valence-electron chi connectivity index (χ1n) is 12.7. The van der Waals surface area contributed by atoms with E-state index in [1.165, 1.54) is 22.8 Å². The van der Waals surface area contributed by atoms with E-state index in [0.29, 0.717) is 38.7 Å². The molecule has 208 valence electrons. The van der Waals surface area contributed by atoms with Gasteiger partial charge in [0.05, 0.1) is 42.2 Å². The molecule has 0 fully saturated rings. The molecule has 0 aliphatic carbocycles. The Hall–Kier alpha value is -4.44. The smallest absolute Gasteiger partial charge is 0.338 e. The number of rotatable bonds is 9. The van der Waals surface area contributed by atoms with E-state index < -0.39 is 18.0 Å². The number of para-hydroxylation sites is 1. The molecule has 1 unspecified atom stereocenters. The van der Waals surface area contributed by atoms with Crippen molar-refractivity contribution >= 4 is 35.4 Å². The van der Waals surface area contributed by atoms with Gasteiger partial charge in [0.1, 0.15) is 5.75 Å². The highest BCUT2D eigenvalue weighted by molar-refractivity contribution is 7.07. The lowest BCUT2D eigenvalue weighted by atomic mass is 9.95. The third-order valence-electron chi connectivity index (χ3n) is 6.02. The summed E-state index contributed by atoms with van der Waals surface area (Å²) in [5.74, 6) is 0.206. The van der Waals surface area contributed by atoms with Crippen LogP contribution in [0.15, 0.2) is 69.6 Å². The first-order valence-corrected chi connectivity index (χ1v) is 13.5. The molecule has 0 amide bonds. The van der Waals surface area contributed by atoms with Crippen molar-refractivity contribution in [1.29, 1.82) is 0 Å². The van der Waals surface area contributed by atoms with Crippen LogP contribution >= 0.6 is 11.3 Å². The Bertz CT molecular complexity index is 1680. The molecular weight excluding hydrogens is 532 g/mol. The number of carbonyl (C=O) groups excluding carboxylic acids is 2. The lowest BCUT2D eigenvalue weighted by Crippen LogP contribution is -2.39. The molecule has 2 aromatic carbocycles. The fourth-order valence-corrected chi connectivity index (χ4v) is 5.36. The van der Waals surface area contributed by atoms with Crippen molar-refractivity contribution in [2.45, 2.75) is 33.7 Å². The van der Waals surface area contributed by atoms with Crippen molar-refractivity contribution in [3.05, 3.63) is 90.6 Å². The van der Waals surface area contributed by atoms with Crippen molar-refractivity contribution in [3.8, 4) is 17.2 Å². The Morgan fingerprint density at radius 3 is 2.55 bits per heavy atom. The summed E-state index contributed by atoms with van der Waals surface area (Å²) in [5, 5.41) is 0. The van der Waals surface area contributed by atoms with E-state index in [-0.39, 0.29) is 23.5 Å². The van der Waals surface area contributed by atoms with Gasteiger partial charge >= 0.3 is 11.9 Å². The number of hydrogen-bond donors (Lipinski definition) is 0. The zero-order chi connectivity index (χ0) is 28.8. The first-order chi connectivity index (χ1) is 19.3. The number of methoxy groups -OCH3 is 1. The summed E-state index contributed by atoms with van der Waals surface area (Å²) in [6, 6.07) is 11.7. The number of esters is 2. The van der Waals surface area contributed by atoms with Gasteiger partial charge in [0, 0.05) is 12.5 Å². The number of fused-ring (bicyclic) bond motifs is 1. The second-order valence-corrected chi connectivity index (χ2v) is 9.67. The average Bonchev–Trinajstić information content (AvgIpc) is 3.23. The molecule has 1 atom stereocenters. The number of aromatic nitrogens is 1. The summed E-state index contributed by atoms with van der Waals surface area (Å²) in [7, 11) is 1.60. The summed E-state index contributed by atoms with van der Waals surface area (Å²) in [6.45, 7) is 7.02. The average molecular weight is 563 g/mol. The van der Waals surface area contributed by atoms with Crippen LogP contribution in [0.25, 0.3) is 12.2 Å². The second kappa shape index (κ2) is 12.6. The standard InChI is InChI=1S/C30H30N2O7S/c1-6-37-24-17-21(15-16-23(24)39-19(4)33)27-26(29(35)38-7-2)18(3)31-30-32(27)28(34)25(40-30)14-10-12-20-11-8-9-13-22(20)36-5/h8-17,27H,6-7H2,1-5H3. The Balaban J connectivity index is 1.88. The van der Waals surface area contributed by atoms with Gasteiger partial charge in [0.15, 0.2) is 16.3 Å². The van der Waals surface area contributed by atoms with Crippen LogP contribution in [0.4, 0.5) is 0 Å². The minimum absolute atomic E-state index is 0.163. The van der Waals surface area contributed by atoms with Crippen LogP contribution in [0.2, 0.25) is 0 Å². The summed E-state index contributed by atoms with van der Waals surface area (Å²) < 4.78 is 23.7. The van der Waals surface area contributed by atoms with E-state index in [9.17, 15) is 14.4 Å². The SMILES string of the molecule is CCOC(=O)C1=C(C)N=c2sc(=CC=Cc3ccccc3OC)c(=O)n2C1c1ccc(OC(C)=O)c(OCC)c1. The van der Waals surface area contributed by atoms with E-state index in [1.54, 1.807) is 58.2 Å². The molecular formula is C30H30N2O7S. The molecule has 10 heteroatoms. The molecule has 1 aromatic heterocycles. The highest BCUT2D eigenvalue weighted by atomic mass is 32.1. The highest BCUT2D eigenvalue weighted by Crippen LogP contribution is 2.36. The Labute approximate surface area is 235 Å². The summed E-state index contributed by atoms with van der Waals surface area (Å²) >= 11 is 1.22. The van der Waals surface area contributed by atoms with Crippen molar-refractivity contribution in [2.75, 3.05) is 20.3 Å². The maximum atomic E-state index is 13.8. The predicted molar refractivity (Wildman–Crippen MR) is 152 cm³/mol. The van der Waals surface area contributed by atoms with E-state index in [4.69, 9.17) is 18.9 Å². The molecule has 40 heavy (non-hydrogen) atoms. The maximum Gasteiger partial charge on any atom is 0.338 e. The van der Waals surface area contributed by atoms with Gasteiger partial charge in [-0.2, -0.15) is 0 Å². The number of benzene rings is 2. The number of hydrogen-bond acceptors (Lipinski definition) is 9. The van der Waals surface area contributed by atoms with Gasteiger partial charge in [0.25, 0.3) is 5.56 Å². The monoisotopic (exact) mass is 562 g/mol. The minimum atomic E-state index is -0.832. The van der Waals surface area contributed by atoms with E-state index >= 15 is 0 Å². The molecule has 0 radical (unpaired) electrons. The summed E-state index contributed by atoms with van der Waals surface area (Å²) in [4.78, 5) is 43.6. The molecule has 9 nitrogen and oxygen atoms in total. The predicted octanol–water partition coefficient (Wildman–Crippen LogP) is 3.80. The molecule has 4 rings (SSSR count). The molecule has 1 aliphatic heterocycles. The van der Waals surface area contributed by atoms with Gasteiger partial charge in [-0.1, -0.05) is 47.8 Å². The number of allylic oxidation sites excluding steroid dienone is 2. The number of nitrogens with zero attached hydrogens (tertiary/aromatic N) is 2. The van der Waals surface area contributed by atoms with Gasteiger partial charge in [-0.15, -0.1) is 0 Å². The van der Waals surface area contributed by atoms with Crippen LogP contribution < -0.4 is 29.1 Å².